The Kier molecular flexibility index (Phi) is 5.50. The number of ether oxygens (including phenoxy) is 1. The number of fused-ring (bicyclic) bond motifs is 2. The first kappa shape index (κ1) is 20.5. The molecule has 0 spiro atoms. The lowest BCUT2D eigenvalue weighted by Crippen LogP contribution is -2.36. The van der Waals surface area contributed by atoms with Gasteiger partial charge in [0.1, 0.15) is 5.69 Å². The third kappa shape index (κ3) is 4.04. The number of morpholine rings is 1. The Morgan fingerprint density at radius 3 is 2.81 bits per heavy atom. The van der Waals surface area contributed by atoms with Gasteiger partial charge in [-0.1, -0.05) is 0 Å². The second-order valence-corrected chi connectivity index (χ2v) is 8.28. The van der Waals surface area contributed by atoms with Crippen LogP contribution < -0.4 is 10.2 Å². The van der Waals surface area contributed by atoms with Gasteiger partial charge in [0.15, 0.2) is 5.82 Å². The van der Waals surface area contributed by atoms with Crippen LogP contribution in [-0.4, -0.2) is 84.5 Å². The maximum atomic E-state index is 12.6. The number of rotatable bonds is 6. The van der Waals surface area contributed by atoms with Gasteiger partial charge in [0, 0.05) is 42.8 Å². The van der Waals surface area contributed by atoms with Crippen LogP contribution in [0.5, 0.6) is 0 Å². The van der Waals surface area contributed by atoms with E-state index in [-0.39, 0.29) is 5.91 Å². The van der Waals surface area contributed by atoms with Crippen molar-refractivity contribution < 1.29 is 9.53 Å². The van der Waals surface area contributed by atoms with Crippen LogP contribution in [0.4, 0.5) is 5.69 Å². The summed E-state index contributed by atoms with van der Waals surface area (Å²) in [5.74, 6) is 0.580. The zero-order chi connectivity index (χ0) is 22.1. The van der Waals surface area contributed by atoms with Crippen molar-refractivity contribution in [3.8, 4) is 11.5 Å². The molecule has 32 heavy (non-hydrogen) atoms. The summed E-state index contributed by atoms with van der Waals surface area (Å²) in [6.07, 6.45) is 0. The number of carbonyl (C=O) groups is 1. The molecule has 9 heteroatoms. The molecule has 0 bridgehead atoms. The standard InChI is InChI=1S/C23H27N7O2/c1-29(2)8-7-24-23(31)15-3-5-18-17(13-15)21(28-27-18)22-25-19-6-4-16(14-20(19)26-22)30-9-11-32-12-10-30/h3-6,13-14H,7-12H2,1-2H3,(H,24,31)(H,25,26)(H,27,28). The predicted octanol–water partition coefficient (Wildman–Crippen LogP) is 2.23. The number of hydrogen-bond donors (Lipinski definition) is 3. The molecule has 166 valence electrons. The van der Waals surface area contributed by atoms with Crippen LogP contribution in [0, 0.1) is 0 Å². The highest BCUT2D eigenvalue weighted by molar-refractivity contribution is 6.01. The molecule has 2 aromatic heterocycles. The van der Waals surface area contributed by atoms with Crippen LogP contribution in [0.3, 0.4) is 0 Å². The number of nitrogens with zero attached hydrogens (tertiary/aromatic N) is 4. The highest BCUT2D eigenvalue weighted by Gasteiger charge is 2.17. The van der Waals surface area contributed by atoms with Crippen molar-refractivity contribution in [2.45, 2.75) is 0 Å². The molecular weight excluding hydrogens is 406 g/mol. The quantitative estimate of drug-likeness (QED) is 0.431. The number of anilines is 1. The van der Waals surface area contributed by atoms with Crippen LogP contribution in [0.1, 0.15) is 10.4 Å². The lowest BCUT2D eigenvalue weighted by atomic mass is 10.1. The summed E-state index contributed by atoms with van der Waals surface area (Å²) in [5.41, 5.74) is 5.15. The molecule has 5 rings (SSSR count). The second-order valence-electron chi connectivity index (χ2n) is 8.28. The minimum atomic E-state index is -0.0966. The molecular formula is C23H27N7O2. The second kappa shape index (κ2) is 8.60. The van der Waals surface area contributed by atoms with Gasteiger partial charge in [-0.25, -0.2) is 4.98 Å². The summed E-state index contributed by atoms with van der Waals surface area (Å²) in [4.78, 5) is 25.1. The van der Waals surface area contributed by atoms with Crippen molar-refractivity contribution in [2.75, 3.05) is 58.4 Å². The van der Waals surface area contributed by atoms with E-state index in [9.17, 15) is 4.79 Å². The predicted molar refractivity (Wildman–Crippen MR) is 125 cm³/mol. The van der Waals surface area contributed by atoms with Gasteiger partial charge in [-0.05, 0) is 50.5 Å². The van der Waals surface area contributed by atoms with E-state index >= 15 is 0 Å². The van der Waals surface area contributed by atoms with E-state index in [0.29, 0.717) is 23.6 Å². The van der Waals surface area contributed by atoms with E-state index in [0.717, 1.165) is 60.5 Å². The van der Waals surface area contributed by atoms with Crippen LogP contribution in [0.15, 0.2) is 36.4 Å². The number of aromatic amines is 2. The molecule has 0 atom stereocenters. The van der Waals surface area contributed by atoms with Gasteiger partial charge >= 0.3 is 0 Å². The Morgan fingerprint density at radius 2 is 2.00 bits per heavy atom. The van der Waals surface area contributed by atoms with Crippen molar-refractivity contribution in [1.82, 2.24) is 30.4 Å². The van der Waals surface area contributed by atoms with E-state index in [2.05, 4.69) is 37.5 Å². The molecule has 4 aromatic rings. The molecule has 1 saturated heterocycles. The Labute approximate surface area is 185 Å². The third-order valence-electron chi connectivity index (χ3n) is 5.74. The van der Waals surface area contributed by atoms with Crippen molar-refractivity contribution in [3.05, 3.63) is 42.0 Å². The fourth-order valence-corrected chi connectivity index (χ4v) is 3.96. The summed E-state index contributed by atoms with van der Waals surface area (Å²) < 4.78 is 5.46. The summed E-state index contributed by atoms with van der Waals surface area (Å²) in [5, 5.41) is 11.3. The minimum absolute atomic E-state index is 0.0966. The molecule has 1 fully saturated rings. The number of H-pyrrole nitrogens is 2. The van der Waals surface area contributed by atoms with Gasteiger partial charge in [0.2, 0.25) is 0 Å². The SMILES string of the molecule is CN(C)CCNC(=O)c1ccc2[nH]nc(-c3nc4ccc(N5CCOCC5)cc4[nH]3)c2c1. The first-order chi connectivity index (χ1) is 15.6. The van der Waals surface area contributed by atoms with Crippen molar-refractivity contribution in [3.63, 3.8) is 0 Å². The van der Waals surface area contributed by atoms with Crippen molar-refractivity contribution in [1.29, 1.82) is 0 Å². The molecule has 1 aliphatic rings. The zero-order valence-electron chi connectivity index (χ0n) is 18.3. The fourth-order valence-electron chi connectivity index (χ4n) is 3.96. The number of nitrogens with one attached hydrogen (secondary N) is 3. The van der Waals surface area contributed by atoms with E-state index in [4.69, 9.17) is 9.72 Å². The average Bonchev–Trinajstić information content (AvgIpc) is 3.42. The minimum Gasteiger partial charge on any atom is -0.378 e. The van der Waals surface area contributed by atoms with E-state index in [1.54, 1.807) is 0 Å². The van der Waals surface area contributed by atoms with Gasteiger partial charge in [-0.15, -0.1) is 0 Å². The largest absolute Gasteiger partial charge is 0.378 e. The van der Waals surface area contributed by atoms with Crippen molar-refractivity contribution >= 4 is 33.5 Å². The maximum absolute atomic E-state index is 12.6. The van der Waals surface area contributed by atoms with Gasteiger partial charge in [-0.3, -0.25) is 9.89 Å². The molecule has 1 aliphatic heterocycles. The van der Waals surface area contributed by atoms with Crippen molar-refractivity contribution in [2.24, 2.45) is 0 Å². The summed E-state index contributed by atoms with van der Waals surface area (Å²) in [6.45, 7) is 4.65. The highest BCUT2D eigenvalue weighted by Crippen LogP contribution is 2.29. The van der Waals surface area contributed by atoms with Gasteiger partial charge in [-0.2, -0.15) is 5.10 Å². The number of aromatic nitrogens is 4. The average molecular weight is 434 g/mol. The molecule has 0 unspecified atom stereocenters. The summed E-state index contributed by atoms with van der Waals surface area (Å²) in [7, 11) is 3.96. The van der Waals surface area contributed by atoms with Crippen LogP contribution in [-0.2, 0) is 4.74 Å². The van der Waals surface area contributed by atoms with Crippen LogP contribution >= 0.6 is 0 Å². The van der Waals surface area contributed by atoms with Crippen LogP contribution in [0.2, 0.25) is 0 Å². The van der Waals surface area contributed by atoms with E-state index < -0.39 is 0 Å². The monoisotopic (exact) mass is 433 g/mol. The number of amides is 1. The Bertz CT molecular complexity index is 1250. The maximum Gasteiger partial charge on any atom is 0.251 e. The molecule has 3 heterocycles. The Balaban J connectivity index is 1.44. The first-order valence-electron chi connectivity index (χ1n) is 10.8. The Morgan fingerprint density at radius 1 is 1.16 bits per heavy atom. The lowest BCUT2D eigenvalue weighted by Gasteiger charge is -2.28. The smallest absolute Gasteiger partial charge is 0.251 e. The van der Waals surface area contributed by atoms with Gasteiger partial charge < -0.3 is 24.8 Å². The number of hydrogen-bond acceptors (Lipinski definition) is 6. The first-order valence-corrected chi connectivity index (χ1v) is 10.8. The molecule has 1 amide bonds. The number of benzene rings is 2. The molecule has 0 saturated carbocycles. The number of carbonyl (C=O) groups excluding carboxylic acids is 1. The molecule has 2 aromatic carbocycles. The lowest BCUT2D eigenvalue weighted by molar-refractivity contribution is 0.0951. The normalized spacial score (nSPS) is 14.5. The Hall–Kier alpha value is -3.43. The topological polar surface area (TPSA) is 102 Å². The van der Waals surface area contributed by atoms with E-state index in [1.807, 2.05) is 43.3 Å². The zero-order valence-corrected chi connectivity index (χ0v) is 18.3. The molecule has 9 nitrogen and oxygen atoms in total. The summed E-state index contributed by atoms with van der Waals surface area (Å²) in [6, 6.07) is 11.8. The fraction of sp³-hybridized carbons (Fsp3) is 0.348. The van der Waals surface area contributed by atoms with E-state index in [1.165, 1.54) is 0 Å². The third-order valence-corrected chi connectivity index (χ3v) is 5.74. The van der Waals surface area contributed by atoms with Gasteiger partial charge in [0.05, 0.1) is 29.8 Å². The number of likely N-dealkylation sites (N-methyl/N-ethyl adjacent to an activating group) is 1. The van der Waals surface area contributed by atoms with Gasteiger partial charge in [0.25, 0.3) is 5.91 Å². The molecule has 3 N–H and O–H groups in total. The highest BCUT2D eigenvalue weighted by atomic mass is 16.5. The van der Waals surface area contributed by atoms with Crippen LogP contribution in [0.25, 0.3) is 33.5 Å². The summed E-state index contributed by atoms with van der Waals surface area (Å²) >= 11 is 0. The number of imidazole rings is 1. The molecule has 0 radical (unpaired) electrons. The molecule has 0 aliphatic carbocycles.